The zero-order valence-electron chi connectivity index (χ0n) is 19.2. The Hall–Kier alpha value is -1.72. The second-order valence-electron chi connectivity index (χ2n) is 9.55. The standard InChI is InChI=1S/C20H38N6O4S/c1-14(2)12-17(18(27)26(20(23)28)11-5-6-15(26)3)25(31(4,29)30)13-16-7-9-24(10-8-16)19(21)22/h14-17H,5-13H2,1-4H3,(H4-,21,22,23,28)/p+1/t15-,17-,26?/m1/s1. The topological polar surface area (TPSA) is 151 Å². The molecule has 0 bridgehead atoms. The lowest BCUT2D eigenvalue weighted by atomic mass is 9.95. The van der Waals surface area contributed by atoms with Crippen molar-refractivity contribution in [2.45, 2.75) is 65.0 Å². The van der Waals surface area contributed by atoms with Crippen LogP contribution in [0.3, 0.4) is 0 Å². The van der Waals surface area contributed by atoms with E-state index in [2.05, 4.69) is 0 Å². The van der Waals surface area contributed by atoms with Crippen LogP contribution in [-0.4, -0.2) is 84.5 Å². The van der Waals surface area contributed by atoms with Crippen LogP contribution in [0.25, 0.3) is 0 Å². The van der Waals surface area contributed by atoms with Crippen LogP contribution in [-0.2, 0) is 14.8 Å². The minimum atomic E-state index is -3.71. The Labute approximate surface area is 186 Å². The van der Waals surface area contributed by atoms with Gasteiger partial charge in [-0.2, -0.15) is 8.79 Å². The summed E-state index contributed by atoms with van der Waals surface area (Å²) in [5.41, 5.74) is 11.3. The molecule has 0 aromatic heterocycles. The van der Waals surface area contributed by atoms with E-state index in [1.807, 2.05) is 20.8 Å². The number of sulfonamides is 1. The van der Waals surface area contributed by atoms with E-state index in [4.69, 9.17) is 16.9 Å². The van der Waals surface area contributed by atoms with Gasteiger partial charge in [0.25, 0.3) is 0 Å². The summed E-state index contributed by atoms with van der Waals surface area (Å²) in [5, 5.41) is 7.58. The van der Waals surface area contributed by atoms with E-state index in [1.54, 1.807) is 4.90 Å². The predicted molar refractivity (Wildman–Crippen MR) is 119 cm³/mol. The first-order valence-electron chi connectivity index (χ1n) is 11.1. The molecule has 3 amide bonds. The van der Waals surface area contributed by atoms with Crippen molar-refractivity contribution in [1.29, 1.82) is 5.41 Å². The average Bonchev–Trinajstić information content (AvgIpc) is 3.05. The molecule has 11 heteroatoms. The molecule has 0 saturated carbocycles. The fraction of sp³-hybridized carbons (Fsp3) is 0.850. The number of hydrogen-bond donors (Lipinski definition) is 3. The molecule has 2 aliphatic heterocycles. The lowest BCUT2D eigenvalue weighted by Crippen LogP contribution is -2.67. The van der Waals surface area contributed by atoms with Crippen molar-refractivity contribution >= 4 is 27.9 Å². The number of nitrogens with zero attached hydrogens (tertiary/aromatic N) is 3. The molecule has 0 spiro atoms. The number of piperidine rings is 1. The Bertz CT molecular complexity index is 793. The van der Waals surface area contributed by atoms with Gasteiger partial charge in [-0.05, 0) is 38.0 Å². The number of guanidine groups is 1. The number of nitrogens with two attached hydrogens (primary N) is 2. The number of quaternary nitrogens is 1. The zero-order valence-corrected chi connectivity index (χ0v) is 20.0. The van der Waals surface area contributed by atoms with Crippen molar-refractivity contribution in [1.82, 2.24) is 9.21 Å². The van der Waals surface area contributed by atoms with Gasteiger partial charge in [0.15, 0.2) is 5.96 Å². The first kappa shape index (κ1) is 25.5. The van der Waals surface area contributed by atoms with Crippen molar-refractivity contribution in [3.8, 4) is 0 Å². The maximum Gasteiger partial charge on any atom is 0.421 e. The molecular weight excluding hydrogens is 420 g/mol. The third-order valence-electron chi connectivity index (χ3n) is 6.82. The van der Waals surface area contributed by atoms with E-state index in [-0.39, 0.29) is 30.4 Å². The molecule has 0 radical (unpaired) electrons. The number of carbonyl (C=O) groups excluding carboxylic acids is 2. The van der Waals surface area contributed by atoms with E-state index < -0.39 is 32.5 Å². The number of likely N-dealkylation sites (tertiary alicyclic amines) is 2. The molecule has 1 unspecified atom stereocenters. The first-order chi connectivity index (χ1) is 14.3. The second kappa shape index (κ2) is 9.83. The Balaban J connectivity index is 2.36. The minimum Gasteiger partial charge on any atom is -0.370 e. The lowest BCUT2D eigenvalue weighted by molar-refractivity contribution is -0.784. The summed E-state index contributed by atoms with van der Waals surface area (Å²) < 4.78 is 26.5. The molecule has 5 N–H and O–H groups in total. The van der Waals surface area contributed by atoms with Crippen molar-refractivity contribution < 1.29 is 22.5 Å². The molecule has 2 aliphatic rings. The fourth-order valence-corrected chi connectivity index (χ4v) is 6.12. The highest BCUT2D eigenvalue weighted by Crippen LogP contribution is 2.32. The molecule has 2 saturated heterocycles. The van der Waals surface area contributed by atoms with Crippen LogP contribution in [0.2, 0.25) is 0 Å². The van der Waals surface area contributed by atoms with Crippen molar-refractivity contribution in [3.05, 3.63) is 0 Å². The van der Waals surface area contributed by atoms with E-state index in [9.17, 15) is 18.0 Å². The molecule has 10 nitrogen and oxygen atoms in total. The number of urea groups is 1. The van der Waals surface area contributed by atoms with Gasteiger partial charge in [0, 0.05) is 32.5 Å². The van der Waals surface area contributed by atoms with Crippen LogP contribution in [0.5, 0.6) is 0 Å². The fourth-order valence-electron chi connectivity index (χ4n) is 5.00. The van der Waals surface area contributed by atoms with E-state index in [1.165, 1.54) is 4.31 Å². The summed E-state index contributed by atoms with van der Waals surface area (Å²) in [4.78, 5) is 28.1. The van der Waals surface area contributed by atoms with Gasteiger partial charge in [0.05, 0.1) is 12.8 Å². The predicted octanol–water partition coefficient (Wildman–Crippen LogP) is 0.873. The summed E-state index contributed by atoms with van der Waals surface area (Å²) in [6.45, 7) is 7.41. The summed E-state index contributed by atoms with van der Waals surface area (Å²) >= 11 is 0. The van der Waals surface area contributed by atoms with Gasteiger partial charge < -0.3 is 16.4 Å². The molecule has 178 valence electrons. The van der Waals surface area contributed by atoms with E-state index >= 15 is 0 Å². The first-order valence-corrected chi connectivity index (χ1v) is 12.9. The van der Waals surface area contributed by atoms with Gasteiger partial charge >= 0.3 is 11.9 Å². The number of carbonyl (C=O) groups is 2. The monoisotopic (exact) mass is 459 g/mol. The highest BCUT2D eigenvalue weighted by atomic mass is 32.2. The highest BCUT2D eigenvalue weighted by molar-refractivity contribution is 7.88. The average molecular weight is 460 g/mol. The Morgan fingerprint density at radius 3 is 2.16 bits per heavy atom. The summed E-state index contributed by atoms with van der Waals surface area (Å²) in [5.74, 6) is -0.283. The maximum atomic E-state index is 13.8. The van der Waals surface area contributed by atoms with Crippen LogP contribution in [0.4, 0.5) is 4.79 Å². The Morgan fingerprint density at radius 1 is 1.19 bits per heavy atom. The van der Waals surface area contributed by atoms with Gasteiger partial charge in [-0.15, -0.1) is 0 Å². The molecule has 0 aliphatic carbocycles. The second-order valence-corrected chi connectivity index (χ2v) is 11.5. The van der Waals surface area contributed by atoms with E-state index in [0.717, 1.165) is 6.26 Å². The van der Waals surface area contributed by atoms with Crippen molar-refractivity contribution in [2.24, 2.45) is 23.3 Å². The zero-order chi connectivity index (χ0) is 23.6. The normalized spacial score (nSPS) is 26.4. The smallest absolute Gasteiger partial charge is 0.370 e. The van der Waals surface area contributed by atoms with Crippen LogP contribution >= 0.6 is 0 Å². The third kappa shape index (κ3) is 5.56. The SMILES string of the molecule is CC(C)C[C@H](C(=O)[N+]1(C(N)=O)CCC[C@H]1C)N(CC1CCN(C(=N)N)CC1)S(C)(=O)=O. The van der Waals surface area contributed by atoms with Crippen molar-refractivity contribution in [2.75, 3.05) is 32.4 Å². The minimum absolute atomic E-state index is 0.0159. The third-order valence-corrected chi connectivity index (χ3v) is 8.07. The highest BCUT2D eigenvalue weighted by Gasteiger charge is 2.55. The van der Waals surface area contributed by atoms with Gasteiger partial charge in [-0.3, -0.25) is 5.41 Å². The quantitative estimate of drug-likeness (QED) is 0.292. The Kier molecular flexibility index (Phi) is 8.10. The molecule has 2 rings (SSSR count). The molecular formula is C20H39N6O4S+. The molecule has 2 fully saturated rings. The number of primary amides is 1. The van der Waals surface area contributed by atoms with Crippen LogP contribution < -0.4 is 11.5 Å². The molecule has 0 aromatic rings. The van der Waals surface area contributed by atoms with Crippen LogP contribution in [0.15, 0.2) is 0 Å². The summed E-state index contributed by atoms with van der Waals surface area (Å²) in [7, 11) is -3.71. The molecule has 2 heterocycles. The lowest BCUT2D eigenvalue weighted by Gasteiger charge is -2.40. The van der Waals surface area contributed by atoms with Gasteiger partial charge in [-0.25, -0.2) is 18.0 Å². The van der Waals surface area contributed by atoms with E-state index in [0.29, 0.717) is 51.7 Å². The van der Waals surface area contributed by atoms with Gasteiger partial charge in [0.1, 0.15) is 12.1 Å². The molecule has 0 aromatic carbocycles. The van der Waals surface area contributed by atoms with Crippen LogP contribution in [0, 0.1) is 17.2 Å². The number of hydrogen-bond acceptors (Lipinski definition) is 5. The number of nitrogens with one attached hydrogen (secondary N) is 1. The summed E-state index contributed by atoms with van der Waals surface area (Å²) in [6.07, 6.45) is 4.22. The number of amides is 3. The number of rotatable bonds is 7. The van der Waals surface area contributed by atoms with Crippen molar-refractivity contribution in [3.63, 3.8) is 0 Å². The summed E-state index contributed by atoms with van der Waals surface area (Å²) in [6, 6.07) is -1.90. The molecule has 3 atom stereocenters. The largest absolute Gasteiger partial charge is 0.421 e. The Morgan fingerprint density at radius 2 is 1.77 bits per heavy atom. The van der Waals surface area contributed by atoms with Gasteiger partial charge in [0.2, 0.25) is 10.0 Å². The maximum absolute atomic E-state index is 13.8. The van der Waals surface area contributed by atoms with Crippen LogP contribution in [0.1, 0.15) is 52.9 Å². The number of imide groups is 1. The molecule has 31 heavy (non-hydrogen) atoms. The van der Waals surface area contributed by atoms with Gasteiger partial charge in [-0.1, -0.05) is 13.8 Å².